The maximum atomic E-state index is 13.8. The van der Waals surface area contributed by atoms with Crippen LogP contribution in [0.2, 0.25) is 0 Å². The minimum atomic E-state index is -0.176. The molecule has 26 heavy (non-hydrogen) atoms. The summed E-state index contributed by atoms with van der Waals surface area (Å²) in [6, 6.07) is 5.17. The fraction of sp³-hybridized carbons (Fsp3) is 0.500. The van der Waals surface area contributed by atoms with Crippen LogP contribution in [0, 0.1) is 12.7 Å². The molecule has 0 amide bonds. The van der Waals surface area contributed by atoms with Gasteiger partial charge in [0, 0.05) is 30.5 Å². The summed E-state index contributed by atoms with van der Waals surface area (Å²) in [5.74, 6) is 1.91. The quantitative estimate of drug-likeness (QED) is 0.365. The zero-order valence-corrected chi connectivity index (χ0v) is 16.8. The summed E-state index contributed by atoms with van der Waals surface area (Å²) in [7, 11) is 0. The molecular formula is C18H25BrFN5O. The summed E-state index contributed by atoms with van der Waals surface area (Å²) in [5, 5.41) is 10.3. The maximum absolute atomic E-state index is 13.8. The van der Waals surface area contributed by atoms with E-state index in [0.29, 0.717) is 24.7 Å². The van der Waals surface area contributed by atoms with Crippen molar-refractivity contribution in [2.24, 2.45) is 4.99 Å². The smallest absolute Gasteiger partial charge is 0.226 e. The molecule has 6 nitrogen and oxygen atoms in total. The summed E-state index contributed by atoms with van der Waals surface area (Å²) in [4.78, 5) is 8.72. The topological polar surface area (TPSA) is 75.3 Å². The third kappa shape index (κ3) is 7.11. The number of rotatable bonds is 9. The minimum Gasteiger partial charge on any atom is -0.357 e. The van der Waals surface area contributed by atoms with Crippen LogP contribution >= 0.6 is 15.9 Å². The molecule has 0 saturated carbocycles. The van der Waals surface area contributed by atoms with Gasteiger partial charge >= 0.3 is 0 Å². The van der Waals surface area contributed by atoms with Gasteiger partial charge in [0.15, 0.2) is 11.8 Å². The van der Waals surface area contributed by atoms with E-state index in [9.17, 15) is 4.39 Å². The minimum absolute atomic E-state index is 0.176. The van der Waals surface area contributed by atoms with Gasteiger partial charge in [0.2, 0.25) is 5.89 Å². The molecule has 0 unspecified atom stereocenters. The molecule has 0 aliphatic heterocycles. The highest BCUT2D eigenvalue weighted by molar-refractivity contribution is 9.10. The molecule has 0 aliphatic rings. The van der Waals surface area contributed by atoms with Gasteiger partial charge < -0.3 is 15.2 Å². The molecule has 2 N–H and O–H groups in total. The fourth-order valence-corrected chi connectivity index (χ4v) is 2.75. The van der Waals surface area contributed by atoms with E-state index in [4.69, 9.17) is 4.52 Å². The van der Waals surface area contributed by atoms with E-state index >= 15 is 0 Å². The van der Waals surface area contributed by atoms with Gasteiger partial charge in [0.25, 0.3) is 0 Å². The van der Waals surface area contributed by atoms with Gasteiger partial charge in [-0.05, 0) is 50.8 Å². The first-order valence-corrected chi connectivity index (χ1v) is 9.63. The number of nitrogens with one attached hydrogen (secondary N) is 2. The number of aryl methyl sites for hydroxylation is 3. The van der Waals surface area contributed by atoms with Crippen molar-refractivity contribution >= 4 is 21.9 Å². The van der Waals surface area contributed by atoms with Crippen LogP contribution < -0.4 is 10.6 Å². The number of benzene rings is 1. The van der Waals surface area contributed by atoms with E-state index in [1.165, 1.54) is 6.07 Å². The van der Waals surface area contributed by atoms with Crippen molar-refractivity contribution < 1.29 is 8.91 Å². The first-order chi connectivity index (χ1) is 12.6. The Bertz CT molecular complexity index is 719. The second kappa shape index (κ2) is 10.9. The molecule has 1 heterocycles. The van der Waals surface area contributed by atoms with Crippen LogP contribution in [0.4, 0.5) is 4.39 Å². The van der Waals surface area contributed by atoms with Crippen LogP contribution in [0.25, 0.3) is 0 Å². The molecule has 2 aromatic rings. The number of hydrogen-bond donors (Lipinski definition) is 2. The molecule has 0 aliphatic carbocycles. The second-order valence-electron chi connectivity index (χ2n) is 5.87. The van der Waals surface area contributed by atoms with Crippen molar-refractivity contribution in [3.63, 3.8) is 0 Å². The lowest BCUT2D eigenvalue weighted by Gasteiger charge is -2.10. The van der Waals surface area contributed by atoms with Gasteiger partial charge in [0.05, 0.1) is 0 Å². The van der Waals surface area contributed by atoms with Gasteiger partial charge in [-0.15, -0.1) is 0 Å². The Morgan fingerprint density at radius 3 is 2.81 bits per heavy atom. The van der Waals surface area contributed by atoms with Gasteiger partial charge in [-0.25, -0.2) is 4.39 Å². The predicted octanol–water partition coefficient (Wildman–Crippen LogP) is 3.40. The van der Waals surface area contributed by atoms with Crippen LogP contribution in [0.3, 0.4) is 0 Å². The van der Waals surface area contributed by atoms with Crippen molar-refractivity contribution in [1.82, 2.24) is 20.8 Å². The highest BCUT2D eigenvalue weighted by atomic mass is 79.9. The Labute approximate surface area is 161 Å². The molecule has 0 radical (unpaired) electrons. The van der Waals surface area contributed by atoms with Crippen molar-refractivity contribution in [3.05, 3.63) is 45.8 Å². The Balaban J connectivity index is 1.71. The largest absolute Gasteiger partial charge is 0.357 e. The molecule has 1 aromatic carbocycles. The molecule has 2 rings (SSSR count). The Morgan fingerprint density at radius 1 is 1.27 bits per heavy atom. The van der Waals surface area contributed by atoms with E-state index < -0.39 is 0 Å². The zero-order valence-electron chi connectivity index (χ0n) is 15.2. The lowest BCUT2D eigenvalue weighted by atomic mass is 10.1. The standard InChI is InChI=1S/C18H25BrFN5O/c1-3-21-18(23-11-5-7-17-24-13(2)25-26-17)22-10-4-6-14-8-9-15(19)12-16(14)20/h8-9,12H,3-7,10-11H2,1-2H3,(H2,21,22,23). The molecule has 0 fully saturated rings. The first-order valence-electron chi connectivity index (χ1n) is 8.83. The average Bonchev–Trinajstić information content (AvgIpc) is 3.02. The van der Waals surface area contributed by atoms with Crippen molar-refractivity contribution in [3.8, 4) is 0 Å². The molecule has 0 spiro atoms. The molecule has 1 aromatic heterocycles. The van der Waals surface area contributed by atoms with Crippen molar-refractivity contribution in [1.29, 1.82) is 0 Å². The fourth-order valence-electron chi connectivity index (χ4n) is 2.41. The highest BCUT2D eigenvalue weighted by Gasteiger charge is 2.04. The van der Waals surface area contributed by atoms with Gasteiger partial charge in [0.1, 0.15) is 5.82 Å². The van der Waals surface area contributed by atoms with Crippen molar-refractivity contribution in [2.75, 3.05) is 19.6 Å². The average molecular weight is 426 g/mol. The summed E-state index contributed by atoms with van der Waals surface area (Å²) in [5.41, 5.74) is 0.719. The van der Waals surface area contributed by atoms with E-state index in [-0.39, 0.29) is 5.82 Å². The maximum Gasteiger partial charge on any atom is 0.226 e. The molecule has 0 atom stereocenters. The number of guanidine groups is 1. The third-order valence-corrected chi connectivity index (χ3v) is 4.16. The van der Waals surface area contributed by atoms with Gasteiger partial charge in [-0.2, -0.15) is 4.98 Å². The number of aliphatic imine (C=N–C) groups is 1. The summed E-state index contributed by atoms with van der Waals surface area (Å²) in [6.07, 6.45) is 3.06. The van der Waals surface area contributed by atoms with Crippen LogP contribution in [-0.2, 0) is 12.8 Å². The molecular weight excluding hydrogens is 401 g/mol. The first kappa shape index (κ1) is 20.4. The molecule has 8 heteroatoms. The molecule has 0 bridgehead atoms. The number of halogens is 2. The Hall–Kier alpha value is -1.96. The van der Waals surface area contributed by atoms with Crippen molar-refractivity contribution in [2.45, 2.75) is 39.5 Å². The van der Waals surface area contributed by atoms with E-state index in [1.807, 2.05) is 19.1 Å². The summed E-state index contributed by atoms with van der Waals surface area (Å²) >= 11 is 3.27. The molecule has 142 valence electrons. The van der Waals surface area contributed by atoms with Crippen LogP contribution in [-0.4, -0.2) is 35.7 Å². The monoisotopic (exact) mass is 425 g/mol. The van der Waals surface area contributed by atoms with Gasteiger partial charge in [-0.1, -0.05) is 27.2 Å². The lowest BCUT2D eigenvalue weighted by molar-refractivity contribution is 0.372. The zero-order chi connectivity index (χ0) is 18.8. The summed E-state index contributed by atoms with van der Waals surface area (Å²) < 4.78 is 19.6. The normalized spacial score (nSPS) is 11.6. The number of aromatic nitrogens is 2. The van der Waals surface area contributed by atoms with Crippen LogP contribution in [0.15, 0.2) is 32.2 Å². The number of hydrogen-bond acceptors (Lipinski definition) is 4. The highest BCUT2D eigenvalue weighted by Crippen LogP contribution is 2.16. The third-order valence-electron chi connectivity index (χ3n) is 3.66. The van der Waals surface area contributed by atoms with Crippen LogP contribution in [0.5, 0.6) is 0 Å². The van der Waals surface area contributed by atoms with E-state index in [2.05, 4.69) is 41.7 Å². The van der Waals surface area contributed by atoms with E-state index in [0.717, 1.165) is 48.3 Å². The summed E-state index contributed by atoms with van der Waals surface area (Å²) in [6.45, 7) is 6.01. The second-order valence-corrected chi connectivity index (χ2v) is 6.78. The van der Waals surface area contributed by atoms with Crippen LogP contribution in [0.1, 0.15) is 37.0 Å². The molecule has 0 saturated heterocycles. The van der Waals surface area contributed by atoms with Gasteiger partial charge in [-0.3, -0.25) is 4.99 Å². The Kier molecular flexibility index (Phi) is 8.53. The SMILES string of the molecule is CCNC(=NCCCc1ccc(Br)cc1F)NCCCc1nc(C)no1. The Morgan fingerprint density at radius 2 is 2.12 bits per heavy atom. The predicted molar refractivity (Wildman–Crippen MR) is 104 cm³/mol. The van der Waals surface area contributed by atoms with E-state index in [1.54, 1.807) is 6.92 Å². The number of nitrogens with zero attached hydrogens (tertiary/aromatic N) is 3. The lowest BCUT2D eigenvalue weighted by Crippen LogP contribution is -2.38.